The van der Waals surface area contributed by atoms with Crippen LogP contribution in [0.2, 0.25) is 0 Å². The number of hydrogen-bond acceptors (Lipinski definition) is 5. The van der Waals surface area contributed by atoms with Gasteiger partial charge in [0, 0.05) is 30.4 Å². The Morgan fingerprint density at radius 2 is 1.55 bits per heavy atom. The highest BCUT2D eigenvalue weighted by molar-refractivity contribution is 6.08. The van der Waals surface area contributed by atoms with Crippen LogP contribution in [0.4, 0.5) is 26.0 Å². The van der Waals surface area contributed by atoms with Crippen molar-refractivity contribution in [3.05, 3.63) is 72.4 Å². The molecular weight excluding hydrogens is 434 g/mol. The molecule has 0 saturated heterocycles. The molecule has 10 heteroatoms. The fourth-order valence-corrected chi connectivity index (χ4v) is 2.65. The maximum atomic E-state index is 14.4. The molecule has 2 aromatic carbocycles. The van der Waals surface area contributed by atoms with Crippen LogP contribution >= 0.6 is 0 Å². The molecule has 0 atom stereocenters. The molecule has 33 heavy (non-hydrogen) atoms. The highest BCUT2D eigenvalue weighted by Gasteiger charge is 2.13. The minimum atomic E-state index is -0.770. The molecular formula is C23H20F2N4O4. The van der Waals surface area contributed by atoms with Gasteiger partial charge in [-0.2, -0.15) is 0 Å². The van der Waals surface area contributed by atoms with E-state index in [1.807, 2.05) is 0 Å². The first-order valence-corrected chi connectivity index (χ1v) is 9.91. The summed E-state index contributed by atoms with van der Waals surface area (Å²) < 4.78 is 32.9. The Morgan fingerprint density at radius 3 is 2.24 bits per heavy atom. The van der Waals surface area contributed by atoms with Crippen molar-refractivity contribution in [3.8, 4) is 11.5 Å². The molecule has 0 fully saturated rings. The SMILES string of the molecule is CCC(=O)Nc1cc(Oc2ccc(NC(=O)CC(=O)Nc3ccc(F)cc3)c(F)c2)ccn1. The van der Waals surface area contributed by atoms with Crippen molar-refractivity contribution in [2.45, 2.75) is 19.8 Å². The fourth-order valence-electron chi connectivity index (χ4n) is 2.65. The summed E-state index contributed by atoms with van der Waals surface area (Å²) in [7, 11) is 0. The number of nitrogens with zero attached hydrogens (tertiary/aromatic N) is 1. The van der Waals surface area contributed by atoms with E-state index in [4.69, 9.17) is 4.74 Å². The van der Waals surface area contributed by atoms with Crippen LogP contribution in [0, 0.1) is 11.6 Å². The summed E-state index contributed by atoms with van der Waals surface area (Å²) in [5, 5.41) is 7.35. The molecule has 0 unspecified atom stereocenters. The van der Waals surface area contributed by atoms with Gasteiger partial charge in [0.25, 0.3) is 0 Å². The van der Waals surface area contributed by atoms with E-state index >= 15 is 0 Å². The number of rotatable bonds is 8. The summed E-state index contributed by atoms with van der Waals surface area (Å²) in [5.74, 6) is -2.03. The summed E-state index contributed by atoms with van der Waals surface area (Å²) in [5.41, 5.74) is 0.197. The first kappa shape index (κ1) is 23.3. The van der Waals surface area contributed by atoms with E-state index in [0.29, 0.717) is 23.7 Å². The molecule has 8 nitrogen and oxygen atoms in total. The van der Waals surface area contributed by atoms with E-state index in [1.54, 1.807) is 6.92 Å². The third-order valence-corrected chi connectivity index (χ3v) is 4.22. The van der Waals surface area contributed by atoms with Gasteiger partial charge in [-0.1, -0.05) is 6.92 Å². The Labute approximate surface area is 188 Å². The third-order valence-electron chi connectivity index (χ3n) is 4.22. The highest BCUT2D eigenvalue weighted by Crippen LogP contribution is 2.26. The monoisotopic (exact) mass is 454 g/mol. The lowest BCUT2D eigenvalue weighted by Gasteiger charge is -2.10. The Bertz CT molecular complexity index is 1170. The second-order valence-electron chi connectivity index (χ2n) is 6.80. The number of halogens is 2. The van der Waals surface area contributed by atoms with Crippen LogP contribution in [0.3, 0.4) is 0 Å². The molecule has 0 aliphatic carbocycles. The number of hydrogen-bond donors (Lipinski definition) is 3. The Kier molecular flexibility index (Phi) is 7.64. The van der Waals surface area contributed by atoms with Crippen molar-refractivity contribution in [1.82, 2.24) is 4.98 Å². The van der Waals surface area contributed by atoms with Crippen molar-refractivity contribution in [3.63, 3.8) is 0 Å². The predicted molar refractivity (Wildman–Crippen MR) is 118 cm³/mol. The van der Waals surface area contributed by atoms with Crippen LogP contribution in [0.1, 0.15) is 19.8 Å². The largest absolute Gasteiger partial charge is 0.457 e. The highest BCUT2D eigenvalue weighted by atomic mass is 19.1. The lowest BCUT2D eigenvalue weighted by Crippen LogP contribution is -2.21. The number of anilines is 3. The average Bonchev–Trinajstić information content (AvgIpc) is 2.77. The number of aromatic nitrogens is 1. The van der Waals surface area contributed by atoms with E-state index in [0.717, 1.165) is 6.07 Å². The van der Waals surface area contributed by atoms with Crippen molar-refractivity contribution < 1.29 is 27.9 Å². The number of nitrogens with one attached hydrogen (secondary N) is 3. The van der Waals surface area contributed by atoms with Crippen LogP contribution in [-0.4, -0.2) is 22.7 Å². The molecule has 0 bridgehead atoms. The lowest BCUT2D eigenvalue weighted by molar-refractivity contribution is -0.123. The van der Waals surface area contributed by atoms with Gasteiger partial charge >= 0.3 is 0 Å². The summed E-state index contributed by atoms with van der Waals surface area (Å²) in [6.07, 6.45) is 1.17. The van der Waals surface area contributed by atoms with Crippen LogP contribution in [0.15, 0.2) is 60.8 Å². The standard InChI is InChI=1S/C23H20F2N4O4/c1-2-21(30)29-20-12-17(9-10-26-20)33-16-7-8-19(18(25)11-16)28-23(32)13-22(31)27-15-5-3-14(24)4-6-15/h3-12H,2,13H2,1H3,(H,27,31)(H,28,32)(H,26,29,30). The van der Waals surface area contributed by atoms with E-state index in [2.05, 4.69) is 20.9 Å². The summed E-state index contributed by atoms with van der Waals surface area (Å²) >= 11 is 0. The van der Waals surface area contributed by atoms with Gasteiger partial charge in [-0.25, -0.2) is 13.8 Å². The number of pyridine rings is 1. The van der Waals surface area contributed by atoms with Crippen LogP contribution < -0.4 is 20.7 Å². The van der Waals surface area contributed by atoms with Gasteiger partial charge in [-0.15, -0.1) is 0 Å². The van der Waals surface area contributed by atoms with Gasteiger partial charge < -0.3 is 20.7 Å². The molecule has 3 N–H and O–H groups in total. The number of carbonyl (C=O) groups excluding carboxylic acids is 3. The number of ether oxygens (including phenoxy) is 1. The second kappa shape index (κ2) is 10.8. The molecule has 3 rings (SSSR count). The zero-order valence-corrected chi connectivity index (χ0v) is 17.5. The van der Waals surface area contributed by atoms with Crippen molar-refractivity contribution in [2.24, 2.45) is 0 Å². The molecule has 3 aromatic rings. The fraction of sp³-hybridized carbons (Fsp3) is 0.130. The van der Waals surface area contributed by atoms with Crippen LogP contribution in [-0.2, 0) is 14.4 Å². The Balaban J connectivity index is 1.57. The van der Waals surface area contributed by atoms with E-state index in [1.165, 1.54) is 54.7 Å². The first-order chi connectivity index (χ1) is 15.8. The molecule has 1 aromatic heterocycles. The Morgan fingerprint density at radius 1 is 0.848 bits per heavy atom. The zero-order valence-electron chi connectivity index (χ0n) is 17.5. The molecule has 1 heterocycles. The quantitative estimate of drug-likeness (QED) is 0.435. The van der Waals surface area contributed by atoms with Gasteiger partial charge in [-0.05, 0) is 42.5 Å². The summed E-state index contributed by atoms with van der Waals surface area (Å²) in [4.78, 5) is 39.5. The number of carbonyl (C=O) groups is 3. The van der Waals surface area contributed by atoms with E-state index in [9.17, 15) is 23.2 Å². The predicted octanol–water partition coefficient (Wildman–Crippen LogP) is 4.47. The molecule has 3 amide bonds. The molecule has 0 aliphatic heterocycles. The van der Waals surface area contributed by atoms with Crippen molar-refractivity contribution in [2.75, 3.05) is 16.0 Å². The molecule has 0 aliphatic rings. The lowest BCUT2D eigenvalue weighted by atomic mass is 10.2. The molecule has 170 valence electrons. The van der Waals surface area contributed by atoms with Crippen molar-refractivity contribution >= 4 is 34.9 Å². The number of amides is 3. The van der Waals surface area contributed by atoms with Gasteiger partial charge in [0.2, 0.25) is 17.7 Å². The summed E-state index contributed by atoms with van der Waals surface area (Å²) in [6.45, 7) is 1.71. The smallest absolute Gasteiger partial charge is 0.233 e. The third kappa shape index (κ3) is 7.10. The van der Waals surface area contributed by atoms with Crippen LogP contribution in [0.25, 0.3) is 0 Å². The first-order valence-electron chi connectivity index (χ1n) is 9.91. The maximum absolute atomic E-state index is 14.4. The van der Waals surface area contributed by atoms with Crippen molar-refractivity contribution in [1.29, 1.82) is 0 Å². The van der Waals surface area contributed by atoms with E-state index < -0.39 is 29.9 Å². The molecule has 0 radical (unpaired) electrons. The maximum Gasteiger partial charge on any atom is 0.233 e. The minimum absolute atomic E-state index is 0.132. The van der Waals surface area contributed by atoms with E-state index in [-0.39, 0.29) is 17.3 Å². The molecule has 0 spiro atoms. The Hall–Kier alpha value is -4.34. The topological polar surface area (TPSA) is 109 Å². The minimum Gasteiger partial charge on any atom is -0.457 e. The van der Waals surface area contributed by atoms with Gasteiger partial charge in [0.1, 0.15) is 35.4 Å². The van der Waals surface area contributed by atoms with Gasteiger partial charge in [-0.3, -0.25) is 14.4 Å². The zero-order chi connectivity index (χ0) is 23.8. The average molecular weight is 454 g/mol. The summed E-state index contributed by atoms with van der Waals surface area (Å²) in [6, 6.07) is 11.9. The van der Waals surface area contributed by atoms with Gasteiger partial charge in [0.05, 0.1) is 5.69 Å². The second-order valence-corrected chi connectivity index (χ2v) is 6.80. The van der Waals surface area contributed by atoms with Crippen LogP contribution in [0.5, 0.6) is 11.5 Å². The number of benzene rings is 2. The molecule has 0 saturated carbocycles. The normalized spacial score (nSPS) is 10.3. The van der Waals surface area contributed by atoms with Gasteiger partial charge in [0.15, 0.2) is 0 Å².